The predicted octanol–water partition coefficient (Wildman–Crippen LogP) is 0.881. The number of carboxylic acids is 1. The molecular formula is C29H47N7O5. The maximum absolute atomic E-state index is 13.5. The van der Waals surface area contributed by atoms with Crippen molar-refractivity contribution in [3.8, 4) is 0 Å². The molecule has 12 heteroatoms. The number of carboxylic acid groups (broad SMARTS) is 1. The number of rotatable bonds is 19. The third-order valence-corrected chi connectivity index (χ3v) is 6.94. The van der Waals surface area contributed by atoms with E-state index in [2.05, 4.69) is 20.9 Å². The SMILES string of the molecule is CC(C)CC(N)C(=O)NC(CCCCN)C(=O)NC(Cc1c[nH]c2ccccc12)C(=O)NC(CCCCN)C(=O)O. The number of amides is 3. The van der Waals surface area contributed by atoms with Gasteiger partial charge in [0.15, 0.2) is 0 Å². The molecule has 0 saturated heterocycles. The van der Waals surface area contributed by atoms with Gasteiger partial charge in [-0.15, -0.1) is 0 Å². The first-order valence-electron chi connectivity index (χ1n) is 14.4. The summed E-state index contributed by atoms with van der Waals surface area (Å²) < 4.78 is 0. The van der Waals surface area contributed by atoms with Crippen LogP contribution in [0, 0.1) is 5.92 Å². The summed E-state index contributed by atoms with van der Waals surface area (Å²) in [6, 6.07) is 3.59. The lowest BCUT2D eigenvalue weighted by Crippen LogP contribution is -2.57. The van der Waals surface area contributed by atoms with E-state index in [9.17, 15) is 24.3 Å². The number of hydrogen-bond donors (Lipinski definition) is 8. The number of hydrogen-bond acceptors (Lipinski definition) is 7. The standard InChI is InChI=1S/C29H47N7O5/c1-18(2)15-21(32)26(37)34-23(11-5-7-13-30)27(38)36-25(16-19-17-33-22-10-4-3-9-20(19)22)28(39)35-24(29(40)41)12-6-8-14-31/h3-4,9-10,17-18,21,23-25,33H,5-8,11-16,30-32H2,1-2H3,(H,34,37)(H,35,39)(H,36,38)(H,40,41). The van der Waals surface area contributed by atoms with E-state index < -0.39 is 47.9 Å². The highest BCUT2D eigenvalue weighted by Crippen LogP contribution is 2.19. The second-order valence-electron chi connectivity index (χ2n) is 10.9. The number of aromatic nitrogens is 1. The molecule has 3 amide bonds. The molecule has 0 bridgehead atoms. The van der Waals surface area contributed by atoms with Crippen molar-refractivity contribution < 1.29 is 24.3 Å². The zero-order chi connectivity index (χ0) is 30.4. The fourth-order valence-corrected chi connectivity index (χ4v) is 4.68. The first kappa shape index (κ1) is 33.7. The van der Waals surface area contributed by atoms with Crippen LogP contribution < -0.4 is 33.2 Å². The third kappa shape index (κ3) is 11.1. The van der Waals surface area contributed by atoms with Gasteiger partial charge < -0.3 is 43.2 Å². The van der Waals surface area contributed by atoms with Gasteiger partial charge in [-0.25, -0.2) is 4.79 Å². The Morgan fingerprint density at radius 1 is 0.829 bits per heavy atom. The highest BCUT2D eigenvalue weighted by atomic mass is 16.4. The Hall–Kier alpha value is -3.48. The van der Waals surface area contributed by atoms with Crippen molar-refractivity contribution in [2.45, 2.75) is 89.4 Å². The summed E-state index contributed by atoms with van der Waals surface area (Å²) >= 11 is 0. The molecule has 0 aliphatic rings. The molecule has 12 nitrogen and oxygen atoms in total. The first-order valence-corrected chi connectivity index (χ1v) is 14.4. The summed E-state index contributed by atoms with van der Waals surface area (Å²) in [5, 5.41) is 18.7. The molecule has 2 rings (SSSR count). The molecular weight excluding hydrogens is 526 g/mol. The van der Waals surface area contributed by atoms with Crippen LogP contribution in [0.1, 0.15) is 64.4 Å². The Bertz CT molecular complexity index is 1140. The van der Waals surface area contributed by atoms with Crippen molar-refractivity contribution in [2.75, 3.05) is 13.1 Å². The van der Waals surface area contributed by atoms with E-state index in [1.165, 1.54) is 0 Å². The molecule has 0 spiro atoms. The highest BCUT2D eigenvalue weighted by molar-refractivity contribution is 5.94. The van der Waals surface area contributed by atoms with Crippen LogP contribution in [0.5, 0.6) is 0 Å². The van der Waals surface area contributed by atoms with E-state index in [0.29, 0.717) is 51.6 Å². The molecule has 0 saturated carbocycles. The Morgan fingerprint density at radius 3 is 2.00 bits per heavy atom. The zero-order valence-electron chi connectivity index (χ0n) is 24.2. The summed E-state index contributed by atoms with van der Waals surface area (Å²) in [6.07, 6.45) is 5.22. The Morgan fingerprint density at radius 2 is 1.39 bits per heavy atom. The lowest BCUT2D eigenvalue weighted by Gasteiger charge is -2.25. The van der Waals surface area contributed by atoms with Gasteiger partial charge in [0.05, 0.1) is 6.04 Å². The summed E-state index contributed by atoms with van der Waals surface area (Å²) in [5.74, 6) is -2.61. The number of nitrogens with two attached hydrogens (primary N) is 3. The number of aromatic amines is 1. The largest absolute Gasteiger partial charge is 0.480 e. The lowest BCUT2D eigenvalue weighted by molar-refractivity contribution is -0.142. The molecule has 0 aliphatic carbocycles. The molecule has 1 aromatic carbocycles. The molecule has 2 aromatic rings. The number of unbranched alkanes of at least 4 members (excludes halogenated alkanes) is 2. The number of carbonyl (C=O) groups is 4. The number of H-pyrrole nitrogens is 1. The summed E-state index contributed by atoms with van der Waals surface area (Å²) in [6.45, 7) is 4.75. The van der Waals surface area contributed by atoms with Gasteiger partial charge in [-0.05, 0) is 75.6 Å². The summed E-state index contributed by atoms with van der Waals surface area (Å²) in [5.41, 5.74) is 18.9. The van der Waals surface area contributed by atoms with Gasteiger partial charge in [0.2, 0.25) is 17.7 Å². The lowest BCUT2D eigenvalue weighted by atomic mass is 10.0. The average molecular weight is 574 g/mol. The second-order valence-corrected chi connectivity index (χ2v) is 10.9. The maximum atomic E-state index is 13.5. The van der Waals surface area contributed by atoms with Crippen LogP contribution in [0.4, 0.5) is 0 Å². The van der Waals surface area contributed by atoms with Gasteiger partial charge in [-0.1, -0.05) is 32.0 Å². The molecule has 4 atom stereocenters. The molecule has 1 heterocycles. The van der Waals surface area contributed by atoms with Crippen LogP contribution in [0.2, 0.25) is 0 Å². The topological polar surface area (TPSA) is 218 Å². The van der Waals surface area contributed by atoms with Crippen molar-refractivity contribution in [1.82, 2.24) is 20.9 Å². The number of benzene rings is 1. The van der Waals surface area contributed by atoms with Gasteiger partial charge in [-0.2, -0.15) is 0 Å². The van der Waals surface area contributed by atoms with Crippen LogP contribution in [0.25, 0.3) is 10.9 Å². The van der Waals surface area contributed by atoms with Gasteiger partial charge in [0.25, 0.3) is 0 Å². The number of para-hydroxylation sites is 1. The predicted molar refractivity (Wildman–Crippen MR) is 159 cm³/mol. The number of nitrogens with one attached hydrogen (secondary N) is 4. The maximum Gasteiger partial charge on any atom is 0.326 e. The van der Waals surface area contributed by atoms with E-state index in [-0.39, 0.29) is 18.8 Å². The average Bonchev–Trinajstić information content (AvgIpc) is 3.33. The van der Waals surface area contributed by atoms with E-state index in [0.717, 1.165) is 16.5 Å². The normalized spacial score (nSPS) is 14.3. The summed E-state index contributed by atoms with van der Waals surface area (Å²) in [4.78, 5) is 54.8. The molecule has 1 aromatic heterocycles. The fraction of sp³-hybridized carbons (Fsp3) is 0.586. The number of aliphatic carboxylic acids is 1. The minimum atomic E-state index is -1.17. The summed E-state index contributed by atoms with van der Waals surface area (Å²) in [7, 11) is 0. The molecule has 41 heavy (non-hydrogen) atoms. The van der Waals surface area contributed by atoms with Crippen molar-refractivity contribution in [3.05, 3.63) is 36.0 Å². The Labute approximate surface area is 241 Å². The van der Waals surface area contributed by atoms with Gasteiger partial charge in [0, 0.05) is 23.5 Å². The van der Waals surface area contributed by atoms with Crippen molar-refractivity contribution in [1.29, 1.82) is 0 Å². The molecule has 11 N–H and O–H groups in total. The minimum Gasteiger partial charge on any atom is -0.480 e. The quantitative estimate of drug-likeness (QED) is 0.112. The van der Waals surface area contributed by atoms with Crippen molar-refractivity contribution in [2.24, 2.45) is 23.1 Å². The Balaban J connectivity index is 2.29. The molecule has 4 unspecified atom stereocenters. The fourth-order valence-electron chi connectivity index (χ4n) is 4.68. The van der Waals surface area contributed by atoms with Gasteiger partial charge in [0.1, 0.15) is 18.1 Å². The molecule has 228 valence electrons. The molecule has 0 aliphatic heterocycles. The van der Waals surface area contributed by atoms with E-state index in [1.807, 2.05) is 38.1 Å². The highest BCUT2D eigenvalue weighted by Gasteiger charge is 2.31. The Kier molecular flexibility index (Phi) is 14.3. The van der Waals surface area contributed by atoms with Crippen LogP contribution in [-0.4, -0.2) is 71.0 Å². The number of carbonyl (C=O) groups excluding carboxylic acids is 3. The zero-order valence-corrected chi connectivity index (χ0v) is 24.2. The van der Waals surface area contributed by atoms with E-state index in [4.69, 9.17) is 17.2 Å². The van der Waals surface area contributed by atoms with E-state index in [1.54, 1.807) is 6.20 Å². The van der Waals surface area contributed by atoms with Crippen LogP contribution >= 0.6 is 0 Å². The molecule has 0 fully saturated rings. The monoisotopic (exact) mass is 573 g/mol. The van der Waals surface area contributed by atoms with Crippen LogP contribution in [0.15, 0.2) is 30.5 Å². The second kappa shape index (κ2) is 17.4. The van der Waals surface area contributed by atoms with Gasteiger partial charge in [-0.3, -0.25) is 14.4 Å². The van der Waals surface area contributed by atoms with Crippen LogP contribution in [-0.2, 0) is 25.6 Å². The number of fused-ring (bicyclic) bond motifs is 1. The first-order chi connectivity index (χ1) is 19.6. The van der Waals surface area contributed by atoms with Crippen molar-refractivity contribution >= 4 is 34.6 Å². The molecule has 0 radical (unpaired) electrons. The van der Waals surface area contributed by atoms with Gasteiger partial charge >= 0.3 is 5.97 Å². The van der Waals surface area contributed by atoms with E-state index >= 15 is 0 Å². The third-order valence-electron chi connectivity index (χ3n) is 6.94. The van der Waals surface area contributed by atoms with Crippen LogP contribution in [0.3, 0.4) is 0 Å². The van der Waals surface area contributed by atoms with Crippen molar-refractivity contribution in [3.63, 3.8) is 0 Å². The minimum absolute atomic E-state index is 0.104. The smallest absolute Gasteiger partial charge is 0.326 e.